The number of hydrogen-bond acceptors (Lipinski definition) is 0. The van der Waals surface area contributed by atoms with Gasteiger partial charge in [-0.2, -0.15) is 0 Å². The van der Waals surface area contributed by atoms with Gasteiger partial charge < -0.3 is 0 Å². The molecule has 0 saturated heterocycles. The van der Waals surface area contributed by atoms with Crippen LogP contribution in [0.15, 0.2) is 0 Å². The van der Waals surface area contributed by atoms with Crippen molar-refractivity contribution in [2.75, 3.05) is 0 Å². The molecule has 0 aromatic carbocycles. The molecule has 1 saturated carbocycles. The van der Waals surface area contributed by atoms with Crippen LogP contribution in [0, 0.1) is 17.8 Å². The van der Waals surface area contributed by atoms with Crippen LogP contribution in [0.1, 0.15) is 46.5 Å². The molecule has 0 aromatic rings. The number of hydrogen-bond donors (Lipinski definition) is 0. The molecule has 1 aliphatic rings. The van der Waals surface area contributed by atoms with Gasteiger partial charge in [0.25, 0.3) is 0 Å². The maximum Gasteiger partial charge on any atom is -0.0363 e. The third kappa shape index (κ3) is 1.53. The van der Waals surface area contributed by atoms with Gasteiger partial charge in [-0.15, -0.1) is 0 Å². The van der Waals surface area contributed by atoms with E-state index >= 15 is 0 Å². The molecule has 1 rings (SSSR count). The van der Waals surface area contributed by atoms with Gasteiger partial charge in [0.1, 0.15) is 0 Å². The van der Waals surface area contributed by atoms with Crippen LogP contribution >= 0.6 is 0 Å². The average Bonchev–Trinajstić information content (AvgIpc) is 2.33. The minimum absolute atomic E-state index is 0.924. The molecule has 2 unspecified atom stereocenters. The molecule has 2 atom stereocenters. The molecule has 0 aliphatic heterocycles. The minimum Gasteiger partial charge on any atom is -0.0651 e. The van der Waals surface area contributed by atoms with Crippen LogP contribution in [0.2, 0.25) is 0 Å². The Morgan fingerprint density at radius 1 is 1.30 bits per heavy atom. The van der Waals surface area contributed by atoms with Gasteiger partial charge in [0, 0.05) is 0 Å². The Kier molecular flexibility index (Phi) is 2.76. The lowest BCUT2D eigenvalue weighted by molar-refractivity contribution is 0.289. The zero-order valence-electron chi connectivity index (χ0n) is 7.56. The van der Waals surface area contributed by atoms with Gasteiger partial charge in [0.2, 0.25) is 0 Å². The highest BCUT2D eigenvalue weighted by Gasteiger charge is 2.27. The molecule has 60 valence electrons. The first-order chi connectivity index (χ1) is 4.75. The molecule has 0 heterocycles. The van der Waals surface area contributed by atoms with Crippen molar-refractivity contribution in [2.45, 2.75) is 46.5 Å². The van der Waals surface area contributed by atoms with E-state index in [-0.39, 0.29) is 0 Å². The van der Waals surface area contributed by atoms with E-state index in [1.54, 1.807) is 0 Å². The molecule has 10 heavy (non-hydrogen) atoms. The molecular weight excluding hydrogens is 120 g/mol. The van der Waals surface area contributed by atoms with Crippen molar-refractivity contribution < 1.29 is 0 Å². The summed E-state index contributed by atoms with van der Waals surface area (Å²) >= 11 is 0. The Balaban J connectivity index is 2.42. The van der Waals surface area contributed by atoms with Gasteiger partial charge in [-0.25, -0.2) is 0 Å². The normalized spacial score (nSPS) is 33.6. The van der Waals surface area contributed by atoms with E-state index in [1.165, 1.54) is 25.7 Å². The molecule has 1 fully saturated rings. The zero-order chi connectivity index (χ0) is 7.56. The van der Waals surface area contributed by atoms with Gasteiger partial charge in [0.05, 0.1) is 0 Å². The van der Waals surface area contributed by atoms with Crippen molar-refractivity contribution in [2.24, 2.45) is 17.8 Å². The highest BCUT2D eigenvalue weighted by Crippen LogP contribution is 2.38. The van der Waals surface area contributed by atoms with E-state index in [4.69, 9.17) is 0 Å². The van der Waals surface area contributed by atoms with Crippen LogP contribution in [-0.4, -0.2) is 0 Å². The second kappa shape index (κ2) is 3.41. The Morgan fingerprint density at radius 3 is 2.40 bits per heavy atom. The van der Waals surface area contributed by atoms with E-state index in [9.17, 15) is 0 Å². The smallest absolute Gasteiger partial charge is 0.0363 e. The van der Waals surface area contributed by atoms with Gasteiger partial charge in [-0.05, 0) is 24.2 Å². The third-order valence-electron chi connectivity index (χ3n) is 3.10. The first kappa shape index (κ1) is 8.10. The minimum atomic E-state index is 0.924. The summed E-state index contributed by atoms with van der Waals surface area (Å²) in [6, 6.07) is 0. The summed E-state index contributed by atoms with van der Waals surface area (Å²) in [7, 11) is 0. The Morgan fingerprint density at radius 2 is 2.00 bits per heavy atom. The summed E-state index contributed by atoms with van der Waals surface area (Å²) in [5.41, 5.74) is 0. The molecule has 0 N–H and O–H groups in total. The monoisotopic (exact) mass is 140 g/mol. The first-order valence-corrected chi connectivity index (χ1v) is 4.75. The van der Waals surface area contributed by atoms with E-state index in [0.717, 1.165) is 17.8 Å². The van der Waals surface area contributed by atoms with Crippen LogP contribution in [0.25, 0.3) is 0 Å². The summed E-state index contributed by atoms with van der Waals surface area (Å²) in [4.78, 5) is 0. The quantitative estimate of drug-likeness (QED) is 0.551. The van der Waals surface area contributed by atoms with Crippen molar-refractivity contribution in [3.8, 4) is 0 Å². The van der Waals surface area contributed by atoms with E-state index in [2.05, 4.69) is 20.8 Å². The molecular formula is C10H20. The van der Waals surface area contributed by atoms with Crippen molar-refractivity contribution >= 4 is 0 Å². The summed E-state index contributed by atoms with van der Waals surface area (Å²) in [6.07, 6.45) is 5.89. The summed E-state index contributed by atoms with van der Waals surface area (Å²) in [5.74, 6) is 3.03. The predicted octanol–water partition coefficient (Wildman–Crippen LogP) is 3.47. The molecule has 0 aromatic heterocycles. The molecule has 0 radical (unpaired) electrons. The lowest BCUT2D eigenvalue weighted by Crippen LogP contribution is -2.12. The van der Waals surface area contributed by atoms with Gasteiger partial charge in [0.15, 0.2) is 0 Å². The molecule has 1 aliphatic carbocycles. The topological polar surface area (TPSA) is 0 Å². The highest BCUT2D eigenvalue weighted by molar-refractivity contribution is 4.78. The summed E-state index contributed by atoms with van der Waals surface area (Å²) in [5, 5.41) is 0. The van der Waals surface area contributed by atoms with Crippen LogP contribution < -0.4 is 0 Å². The number of rotatable bonds is 2. The molecule has 0 bridgehead atoms. The zero-order valence-corrected chi connectivity index (χ0v) is 7.56. The molecule has 0 heteroatoms. The predicted molar refractivity (Wildman–Crippen MR) is 46.0 cm³/mol. The summed E-state index contributed by atoms with van der Waals surface area (Å²) < 4.78 is 0. The Hall–Kier alpha value is 0. The van der Waals surface area contributed by atoms with Gasteiger partial charge in [-0.1, -0.05) is 40.0 Å². The van der Waals surface area contributed by atoms with Gasteiger partial charge in [-0.3, -0.25) is 0 Å². The van der Waals surface area contributed by atoms with E-state index < -0.39 is 0 Å². The second-order valence-electron chi connectivity index (χ2n) is 4.01. The van der Waals surface area contributed by atoms with Crippen molar-refractivity contribution in [1.82, 2.24) is 0 Å². The SMILES string of the molecule is CCC1CCCC1C(C)C. The maximum atomic E-state index is 2.37. The fourth-order valence-electron chi connectivity index (χ4n) is 2.45. The largest absolute Gasteiger partial charge is 0.0651 e. The van der Waals surface area contributed by atoms with Crippen molar-refractivity contribution in [1.29, 1.82) is 0 Å². The average molecular weight is 140 g/mol. The fraction of sp³-hybridized carbons (Fsp3) is 1.00. The van der Waals surface area contributed by atoms with Crippen molar-refractivity contribution in [3.63, 3.8) is 0 Å². The lowest BCUT2D eigenvalue weighted by atomic mass is 9.85. The molecule has 0 spiro atoms. The highest BCUT2D eigenvalue weighted by atomic mass is 14.3. The molecule has 0 amide bonds. The first-order valence-electron chi connectivity index (χ1n) is 4.75. The van der Waals surface area contributed by atoms with Crippen LogP contribution in [-0.2, 0) is 0 Å². The standard InChI is InChI=1S/C10H20/c1-4-9-6-5-7-10(9)8(2)3/h8-10H,4-7H2,1-3H3. The van der Waals surface area contributed by atoms with Crippen LogP contribution in [0.5, 0.6) is 0 Å². The lowest BCUT2D eigenvalue weighted by Gasteiger charge is -2.21. The van der Waals surface area contributed by atoms with E-state index in [0.29, 0.717) is 0 Å². The maximum absolute atomic E-state index is 2.37. The summed E-state index contributed by atoms with van der Waals surface area (Å²) in [6.45, 7) is 7.09. The van der Waals surface area contributed by atoms with Crippen molar-refractivity contribution in [3.05, 3.63) is 0 Å². The second-order valence-corrected chi connectivity index (χ2v) is 4.01. The Bertz CT molecular complexity index is 94.2. The third-order valence-corrected chi connectivity index (χ3v) is 3.10. The molecule has 0 nitrogen and oxygen atoms in total. The van der Waals surface area contributed by atoms with Crippen LogP contribution in [0.3, 0.4) is 0 Å². The van der Waals surface area contributed by atoms with Gasteiger partial charge >= 0.3 is 0 Å². The van der Waals surface area contributed by atoms with Crippen LogP contribution in [0.4, 0.5) is 0 Å². The fourth-order valence-corrected chi connectivity index (χ4v) is 2.45. The van der Waals surface area contributed by atoms with E-state index in [1.807, 2.05) is 0 Å². The Labute approximate surface area is 65.0 Å².